The van der Waals surface area contributed by atoms with E-state index in [1.807, 2.05) is 12.1 Å². The number of aromatic nitrogens is 1. The summed E-state index contributed by atoms with van der Waals surface area (Å²) in [6, 6.07) is 3.85. The minimum absolute atomic E-state index is 0.945. The molecule has 0 bridgehead atoms. The maximum absolute atomic E-state index is 3.95. The lowest BCUT2D eigenvalue weighted by Crippen LogP contribution is -2.19. The molecule has 1 aliphatic heterocycles. The molecule has 0 atom stereocenters. The summed E-state index contributed by atoms with van der Waals surface area (Å²) in [4.78, 5) is 3.95. The van der Waals surface area contributed by atoms with Gasteiger partial charge in [-0.05, 0) is 18.6 Å². The van der Waals surface area contributed by atoms with E-state index in [0.29, 0.717) is 0 Å². The average Bonchev–Trinajstić information content (AvgIpc) is 2.29. The molecule has 0 amide bonds. The Morgan fingerprint density at radius 3 is 2.79 bits per heavy atom. The van der Waals surface area contributed by atoms with Crippen molar-refractivity contribution in [3.8, 4) is 11.8 Å². The average molecular weight is 184 g/mol. The highest BCUT2D eigenvalue weighted by atomic mass is 14.8. The summed E-state index contributed by atoms with van der Waals surface area (Å²) in [7, 11) is 0. The Morgan fingerprint density at radius 2 is 2.07 bits per heavy atom. The molecule has 0 saturated heterocycles. The van der Waals surface area contributed by atoms with Gasteiger partial charge in [0.25, 0.3) is 0 Å². The molecule has 0 saturated carbocycles. The van der Waals surface area contributed by atoms with Crippen molar-refractivity contribution in [1.29, 1.82) is 0 Å². The van der Waals surface area contributed by atoms with Gasteiger partial charge in [0.15, 0.2) is 0 Å². The van der Waals surface area contributed by atoms with Gasteiger partial charge in [-0.15, -0.1) is 0 Å². The third-order valence-corrected chi connectivity index (χ3v) is 2.11. The Hall–Kier alpha value is -1.59. The Balaban J connectivity index is 2.10. The van der Waals surface area contributed by atoms with Crippen molar-refractivity contribution in [3.05, 3.63) is 41.7 Å². The number of nitrogens with one attached hydrogen (secondary N) is 1. The number of nitrogens with zero attached hydrogens (tertiary/aromatic N) is 1. The van der Waals surface area contributed by atoms with E-state index < -0.39 is 0 Å². The van der Waals surface area contributed by atoms with E-state index in [0.717, 1.165) is 25.1 Å². The molecule has 0 unspecified atom stereocenters. The van der Waals surface area contributed by atoms with Gasteiger partial charge in [0.05, 0.1) is 0 Å². The SMILES string of the molecule is C(#Cc1ccncc1)C1=CCNCC1. The first-order valence-electron chi connectivity index (χ1n) is 4.77. The molecule has 0 aromatic carbocycles. The van der Waals surface area contributed by atoms with Crippen molar-refractivity contribution in [2.24, 2.45) is 0 Å². The van der Waals surface area contributed by atoms with Crippen LogP contribution in [0.2, 0.25) is 0 Å². The summed E-state index contributed by atoms with van der Waals surface area (Å²) in [5.74, 6) is 6.31. The van der Waals surface area contributed by atoms with E-state index in [1.165, 1.54) is 5.57 Å². The van der Waals surface area contributed by atoms with Crippen LogP contribution in [0.5, 0.6) is 0 Å². The van der Waals surface area contributed by atoms with Gasteiger partial charge in [-0.25, -0.2) is 0 Å². The highest BCUT2D eigenvalue weighted by Crippen LogP contribution is 2.02. The van der Waals surface area contributed by atoms with Gasteiger partial charge in [0, 0.05) is 36.6 Å². The third kappa shape index (κ3) is 2.45. The minimum Gasteiger partial charge on any atom is -0.313 e. The zero-order chi connectivity index (χ0) is 9.64. The molecular weight excluding hydrogens is 172 g/mol. The molecule has 1 aliphatic rings. The molecule has 70 valence electrons. The van der Waals surface area contributed by atoms with Crippen LogP contribution in [0.25, 0.3) is 0 Å². The number of hydrogen-bond acceptors (Lipinski definition) is 2. The Bertz CT molecular complexity index is 382. The van der Waals surface area contributed by atoms with Gasteiger partial charge in [0.1, 0.15) is 0 Å². The number of rotatable bonds is 0. The first-order chi connectivity index (χ1) is 6.95. The van der Waals surface area contributed by atoms with Gasteiger partial charge in [-0.1, -0.05) is 17.9 Å². The topological polar surface area (TPSA) is 24.9 Å². The van der Waals surface area contributed by atoms with E-state index in [9.17, 15) is 0 Å². The lowest BCUT2D eigenvalue weighted by molar-refractivity contribution is 0.715. The van der Waals surface area contributed by atoms with E-state index in [1.54, 1.807) is 12.4 Å². The fourth-order valence-electron chi connectivity index (χ4n) is 1.32. The molecule has 1 N–H and O–H groups in total. The van der Waals surface area contributed by atoms with Crippen LogP contribution in [0.15, 0.2) is 36.2 Å². The van der Waals surface area contributed by atoms with Crippen LogP contribution >= 0.6 is 0 Å². The molecule has 0 fully saturated rings. The minimum atomic E-state index is 0.945. The van der Waals surface area contributed by atoms with Crippen LogP contribution < -0.4 is 5.32 Å². The van der Waals surface area contributed by atoms with E-state index >= 15 is 0 Å². The zero-order valence-electron chi connectivity index (χ0n) is 7.96. The smallest absolute Gasteiger partial charge is 0.0280 e. The third-order valence-electron chi connectivity index (χ3n) is 2.11. The lowest BCUT2D eigenvalue weighted by atomic mass is 10.1. The second-order valence-electron chi connectivity index (χ2n) is 3.17. The van der Waals surface area contributed by atoms with Crippen molar-refractivity contribution in [1.82, 2.24) is 10.3 Å². The highest BCUT2D eigenvalue weighted by molar-refractivity contribution is 5.40. The Morgan fingerprint density at radius 1 is 1.21 bits per heavy atom. The first-order valence-corrected chi connectivity index (χ1v) is 4.77. The zero-order valence-corrected chi connectivity index (χ0v) is 7.96. The molecular formula is C12H12N2. The second kappa shape index (κ2) is 4.59. The summed E-state index contributed by atoms with van der Waals surface area (Å²) < 4.78 is 0. The van der Waals surface area contributed by atoms with Crippen LogP contribution in [-0.4, -0.2) is 18.1 Å². The van der Waals surface area contributed by atoms with Gasteiger partial charge in [-0.3, -0.25) is 4.98 Å². The van der Waals surface area contributed by atoms with E-state index in [2.05, 4.69) is 28.2 Å². The maximum atomic E-state index is 3.95. The van der Waals surface area contributed by atoms with Gasteiger partial charge in [0.2, 0.25) is 0 Å². The summed E-state index contributed by atoms with van der Waals surface area (Å²) in [6.45, 7) is 1.98. The molecule has 14 heavy (non-hydrogen) atoms. The quantitative estimate of drug-likeness (QED) is 0.616. The summed E-state index contributed by atoms with van der Waals surface area (Å²) in [6.07, 6.45) is 6.72. The Labute approximate surface area is 84.1 Å². The van der Waals surface area contributed by atoms with Gasteiger partial charge < -0.3 is 5.32 Å². The normalized spacial score (nSPS) is 15.3. The first kappa shape index (κ1) is 8.98. The van der Waals surface area contributed by atoms with Crippen molar-refractivity contribution >= 4 is 0 Å². The maximum Gasteiger partial charge on any atom is 0.0280 e. The van der Waals surface area contributed by atoms with Crippen LogP contribution in [0.4, 0.5) is 0 Å². The fourth-order valence-corrected chi connectivity index (χ4v) is 1.32. The molecule has 2 nitrogen and oxygen atoms in total. The van der Waals surface area contributed by atoms with Crippen molar-refractivity contribution in [2.75, 3.05) is 13.1 Å². The van der Waals surface area contributed by atoms with Crippen molar-refractivity contribution in [2.45, 2.75) is 6.42 Å². The molecule has 1 aromatic heterocycles. The summed E-state index contributed by atoms with van der Waals surface area (Å²) >= 11 is 0. The predicted molar refractivity (Wildman–Crippen MR) is 56.7 cm³/mol. The van der Waals surface area contributed by atoms with Crippen molar-refractivity contribution < 1.29 is 0 Å². The van der Waals surface area contributed by atoms with Gasteiger partial charge >= 0.3 is 0 Å². The summed E-state index contributed by atoms with van der Waals surface area (Å²) in [5, 5.41) is 3.26. The van der Waals surface area contributed by atoms with Crippen molar-refractivity contribution in [3.63, 3.8) is 0 Å². The van der Waals surface area contributed by atoms with Crippen LogP contribution in [-0.2, 0) is 0 Å². The largest absolute Gasteiger partial charge is 0.313 e. The predicted octanol–water partition coefficient (Wildman–Crippen LogP) is 1.35. The van der Waals surface area contributed by atoms with Crippen LogP contribution in [0.3, 0.4) is 0 Å². The molecule has 0 radical (unpaired) electrons. The number of pyridine rings is 1. The Kier molecular flexibility index (Phi) is 2.95. The van der Waals surface area contributed by atoms with Crippen LogP contribution in [0, 0.1) is 11.8 Å². The molecule has 2 heterocycles. The standard InChI is InChI=1S/C12H12N2/c1(11-3-7-13-8-4-11)2-12-5-9-14-10-6-12/h3-5,7-8,14H,6,9-10H2. The lowest BCUT2D eigenvalue weighted by Gasteiger charge is -2.07. The number of hydrogen-bond donors (Lipinski definition) is 1. The fraction of sp³-hybridized carbons (Fsp3) is 0.250. The van der Waals surface area contributed by atoms with E-state index in [-0.39, 0.29) is 0 Å². The monoisotopic (exact) mass is 184 g/mol. The molecule has 0 spiro atoms. The second-order valence-corrected chi connectivity index (χ2v) is 3.17. The molecule has 2 rings (SSSR count). The molecule has 2 heteroatoms. The van der Waals surface area contributed by atoms with Gasteiger partial charge in [-0.2, -0.15) is 0 Å². The van der Waals surface area contributed by atoms with E-state index in [4.69, 9.17) is 0 Å². The highest BCUT2D eigenvalue weighted by Gasteiger charge is 1.97. The molecule has 1 aromatic rings. The molecule has 0 aliphatic carbocycles. The van der Waals surface area contributed by atoms with Crippen LogP contribution in [0.1, 0.15) is 12.0 Å². The summed E-state index contributed by atoms with van der Waals surface area (Å²) in [5.41, 5.74) is 2.26.